The molecule has 0 unspecified atom stereocenters. The van der Waals surface area contributed by atoms with Crippen molar-refractivity contribution in [3.63, 3.8) is 0 Å². The van der Waals surface area contributed by atoms with Crippen LogP contribution in [0.1, 0.15) is 19.4 Å². The van der Waals surface area contributed by atoms with Crippen molar-refractivity contribution in [1.82, 2.24) is 4.90 Å². The maximum Gasteiger partial charge on any atom is 0.387 e. The second-order valence-corrected chi connectivity index (χ2v) is 6.10. The highest BCUT2D eigenvalue weighted by atomic mass is 19.3. The van der Waals surface area contributed by atoms with Crippen LogP contribution in [-0.2, 0) is 16.1 Å². The van der Waals surface area contributed by atoms with E-state index in [-0.39, 0.29) is 24.1 Å². The summed E-state index contributed by atoms with van der Waals surface area (Å²) in [6, 6.07) is 13.3. The number of para-hydroxylation sites is 1. The van der Waals surface area contributed by atoms with Crippen LogP contribution in [0.5, 0.6) is 5.75 Å². The molecule has 0 heterocycles. The zero-order valence-corrected chi connectivity index (χ0v) is 15.7. The van der Waals surface area contributed by atoms with E-state index < -0.39 is 6.61 Å². The summed E-state index contributed by atoms with van der Waals surface area (Å²) in [6.45, 7) is 1.34. The van der Waals surface area contributed by atoms with Gasteiger partial charge in [-0.2, -0.15) is 8.78 Å². The predicted molar refractivity (Wildman–Crippen MR) is 103 cm³/mol. The maximum atomic E-state index is 12.5. The third kappa shape index (κ3) is 6.96. The molecule has 2 amide bonds. The molecule has 6 nitrogen and oxygen atoms in total. The van der Waals surface area contributed by atoms with Crippen LogP contribution in [0.4, 0.5) is 20.2 Å². The summed E-state index contributed by atoms with van der Waals surface area (Å²) >= 11 is 0. The molecule has 150 valence electrons. The highest BCUT2D eigenvalue weighted by molar-refractivity contribution is 5.93. The lowest BCUT2D eigenvalue weighted by Crippen LogP contribution is -2.33. The van der Waals surface area contributed by atoms with Gasteiger partial charge in [-0.15, -0.1) is 0 Å². The fourth-order valence-electron chi connectivity index (χ4n) is 2.61. The lowest BCUT2D eigenvalue weighted by molar-refractivity contribution is -0.117. The number of amides is 2. The van der Waals surface area contributed by atoms with Crippen LogP contribution < -0.4 is 15.4 Å². The Bertz CT molecular complexity index is 798. The molecule has 2 aromatic carbocycles. The largest absolute Gasteiger partial charge is 0.434 e. The minimum absolute atomic E-state index is 0.0902. The summed E-state index contributed by atoms with van der Waals surface area (Å²) in [4.78, 5) is 25.2. The van der Waals surface area contributed by atoms with E-state index >= 15 is 0 Å². The number of alkyl halides is 2. The molecule has 0 spiro atoms. The second-order valence-electron chi connectivity index (χ2n) is 6.10. The number of hydrogen-bond acceptors (Lipinski definition) is 4. The van der Waals surface area contributed by atoms with Crippen LogP contribution in [0.25, 0.3) is 0 Å². The van der Waals surface area contributed by atoms with Crippen molar-refractivity contribution in [2.75, 3.05) is 23.7 Å². The standard InChI is InChI=1S/C20H23F2N3O3/c1-3-25(12-15-6-4-5-7-18(15)28-20(21)22)13-19(27)24-17-10-8-16(9-11-17)23-14(2)26/h4-11,20H,3,12-13H2,1-2H3,(H,23,26)(H,24,27). The van der Waals surface area contributed by atoms with E-state index in [2.05, 4.69) is 15.4 Å². The number of nitrogens with zero attached hydrogens (tertiary/aromatic N) is 1. The van der Waals surface area contributed by atoms with E-state index in [9.17, 15) is 18.4 Å². The first-order valence-electron chi connectivity index (χ1n) is 8.80. The van der Waals surface area contributed by atoms with Gasteiger partial charge in [0.05, 0.1) is 6.54 Å². The van der Waals surface area contributed by atoms with Crippen molar-refractivity contribution in [2.24, 2.45) is 0 Å². The highest BCUT2D eigenvalue weighted by Crippen LogP contribution is 2.22. The molecule has 8 heteroatoms. The minimum atomic E-state index is -2.90. The van der Waals surface area contributed by atoms with Gasteiger partial charge in [0.1, 0.15) is 5.75 Å². The van der Waals surface area contributed by atoms with Gasteiger partial charge >= 0.3 is 6.61 Å². The van der Waals surface area contributed by atoms with Crippen molar-refractivity contribution in [3.05, 3.63) is 54.1 Å². The third-order valence-corrected chi connectivity index (χ3v) is 3.89. The Morgan fingerprint density at radius 2 is 1.64 bits per heavy atom. The Morgan fingerprint density at radius 3 is 2.21 bits per heavy atom. The lowest BCUT2D eigenvalue weighted by atomic mass is 10.2. The number of nitrogens with one attached hydrogen (secondary N) is 2. The van der Waals surface area contributed by atoms with Crippen molar-refractivity contribution in [2.45, 2.75) is 27.0 Å². The number of halogens is 2. The normalized spacial score (nSPS) is 10.8. The van der Waals surface area contributed by atoms with Crippen LogP contribution in [-0.4, -0.2) is 36.4 Å². The molecule has 2 rings (SSSR count). The van der Waals surface area contributed by atoms with Crippen LogP contribution >= 0.6 is 0 Å². The van der Waals surface area contributed by atoms with Gasteiger partial charge in [-0.1, -0.05) is 25.1 Å². The van der Waals surface area contributed by atoms with Crippen molar-refractivity contribution >= 4 is 23.2 Å². The molecule has 0 aromatic heterocycles. The molecule has 2 N–H and O–H groups in total. The summed E-state index contributed by atoms with van der Waals surface area (Å²) < 4.78 is 29.6. The quantitative estimate of drug-likeness (QED) is 0.684. The second kappa shape index (κ2) is 10.4. The average molecular weight is 391 g/mol. The smallest absolute Gasteiger partial charge is 0.387 e. The Hall–Kier alpha value is -3.00. The zero-order valence-electron chi connectivity index (χ0n) is 15.7. The van der Waals surface area contributed by atoms with Crippen LogP contribution in [0.15, 0.2) is 48.5 Å². The Labute approximate surface area is 162 Å². The van der Waals surface area contributed by atoms with Crippen LogP contribution in [0, 0.1) is 0 Å². The van der Waals surface area contributed by atoms with E-state index in [1.807, 2.05) is 11.8 Å². The molecule has 2 aromatic rings. The van der Waals surface area contributed by atoms with E-state index in [1.165, 1.54) is 13.0 Å². The van der Waals surface area contributed by atoms with E-state index in [4.69, 9.17) is 0 Å². The fraction of sp³-hybridized carbons (Fsp3) is 0.300. The molecule has 28 heavy (non-hydrogen) atoms. The topological polar surface area (TPSA) is 70.7 Å². The number of hydrogen-bond donors (Lipinski definition) is 2. The Kier molecular flexibility index (Phi) is 7.88. The molecule has 0 fully saturated rings. The summed E-state index contributed by atoms with van der Waals surface area (Å²) in [5.41, 5.74) is 1.81. The van der Waals surface area contributed by atoms with E-state index in [0.717, 1.165) is 0 Å². The molecular weight excluding hydrogens is 368 g/mol. The molecule has 0 aliphatic carbocycles. The monoisotopic (exact) mass is 391 g/mol. The molecule has 0 aliphatic rings. The fourth-order valence-corrected chi connectivity index (χ4v) is 2.61. The summed E-state index contributed by atoms with van der Waals surface area (Å²) in [5.74, 6) is -0.308. The Balaban J connectivity index is 1.95. The lowest BCUT2D eigenvalue weighted by Gasteiger charge is -2.21. The SMILES string of the molecule is CCN(CC(=O)Nc1ccc(NC(C)=O)cc1)Cc1ccccc1OC(F)F. The van der Waals surface area contributed by atoms with Gasteiger partial charge in [0.15, 0.2) is 0 Å². The number of rotatable bonds is 9. The number of ether oxygens (including phenoxy) is 1. The van der Waals surface area contributed by atoms with Crippen molar-refractivity contribution in [1.29, 1.82) is 0 Å². The molecule has 0 atom stereocenters. The molecule has 0 saturated carbocycles. The Morgan fingerprint density at radius 1 is 1.04 bits per heavy atom. The number of anilines is 2. The average Bonchev–Trinajstić information content (AvgIpc) is 2.63. The molecular formula is C20H23F2N3O3. The van der Waals surface area contributed by atoms with Crippen LogP contribution in [0.3, 0.4) is 0 Å². The number of carbonyl (C=O) groups excluding carboxylic acids is 2. The number of carbonyl (C=O) groups is 2. The van der Waals surface area contributed by atoms with Crippen molar-refractivity contribution in [3.8, 4) is 5.75 Å². The zero-order chi connectivity index (χ0) is 20.5. The maximum absolute atomic E-state index is 12.5. The van der Waals surface area contributed by atoms with Crippen LogP contribution in [0.2, 0.25) is 0 Å². The highest BCUT2D eigenvalue weighted by Gasteiger charge is 2.14. The van der Waals surface area contributed by atoms with Gasteiger partial charge in [-0.25, -0.2) is 0 Å². The first-order valence-corrected chi connectivity index (χ1v) is 8.80. The van der Waals surface area contributed by atoms with Gasteiger partial charge in [-0.3, -0.25) is 14.5 Å². The van der Waals surface area contributed by atoms with Crippen molar-refractivity contribution < 1.29 is 23.1 Å². The minimum Gasteiger partial charge on any atom is -0.434 e. The molecule has 0 radical (unpaired) electrons. The van der Waals surface area contributed by atoms with E-state index in [1.54, 1.807) is 42.5 Å². The van der Waals surface area contributed by atoms with Gasteiger partial charge in [0.25, 0.3) is 0 Å². The number of likely N-dealkylation sites (N-methyl/N-ethyl adjacent to an activating group) is 1. The summed E-state index contributed by atoms with van der Waals surface area (Å²) in [5, 5.41) is 5.42. The molecule has 0 bridgehead atoms. The molecule has 0 saturated heterocycles. The summed E-state index contributed by atoms with van der Waals surface area (Å²) in [7, 11) is 0. The first kappa shape index (κ1) is 21.3. The van der Waals surface area contributed by atoms with Gasteiger partial charge in [0.2, 0.25) is 11.8 Å². The first-order chi connectivity index (χ1) is 13.4. The van der Waals surface area contributed by atoms with E-state index in [0.29, 0.717) is 30.0 Å². The molecule has 0 aliphatic heterocycles. The van der Waals surface area contributed by atoms with Gasteiger partial charge < -0.3 is 15.4 Å². The van der Waals surface area contributed by atoms with Gasteiger partial charge in [0, 0.05) is 30.4 Å². The number of benzene rings is 2. The third-order valence-electron chi connectivity index (χ3n) is 3.89. The predicted octanol–water partition coefficient (Wildman–Crippen LogP) is 3.71. The summed E-state index contributed by atoms with van der Waals surface area (Å²) in [6.07, 6.45) is 0. The van der Waals surface area contributed by atoms with Gasteiger partial charge in [-0.05, 0) is 36.9 Å².